The Labute approximate surface area is 192 Å². The Balaban J connectivity index is 0.00000196. The van der Waals surface area contributed by atoms with Crippen LogP contribution in [0.1, 0.15) is 11.4 Å². The van der Waals surface area contributed by atoms with Gasteiger partial charge in [-0.1, -0.05) is 58.0 Å². The summed E-state index contributed by atoms with van der Waals surface area (Å²) in [6.45, 7) is 0.655. The SMILES string of the molecule is Brc1ccc(Cn2c(Br)nnc2SCc2nnn[n-]2)c2ccccc12.[Na+]. The van der Waals surface area contributed by atoms with Crippen LogP contribution in [-0.2, 0) is 12.3 Å². The molecule has 0 fully saturated rings. The number of thioether (sulfide) groups is 1. The number of nitrogens with zero attached hydrogens (tertiary/aromatic N) is 7. The minimum atomic E-state index is 0. The second-order valence-electron chi connectivity index (χ2n) is 5.17. The topological polar surface area (TPSA) is 83.5 Å². The van der Waals surface area contributed by atoms with Gasteiger partial charge in [0.15, 0.2) is 5.16 Å². The molecule has 2 aromatic heterocycles. The summed E-state index contributed by atoms with van der Waals surface area (Å²) >= 11 is 8.60. The predicted molar refractivity (Wildman–Crippen MR) is 101 cm³/mol. The maximum absolute atomic E-state index is 4.23. The third-order valence-electron chi connectivity index (χ3n) is 3.65. The van der Waals surface area contributed by atoms with Gasteiger partial charge in [-0.25, -0.2) is 0 Å². The number of fused-ring (bicyclic) bond motifs is 1. The van der Waals surface area contributed by atoms with E-state index in [-0.39, 0.29) is 29.6 Å². The largest absolute Gasteiger partial charge is 1.00 e. The summed E-state index contributed by atoms with van der Waals surface area (Å²) in [5, 5.41) is 26.2. The van der Waals surface area contributed by atoms with Crippen LogP contribution in [0.4, 0.5) is 0 Å². The van der Waals surface area contributed by atoms with Crippen molar-refractivity contribution in [1.29, 1.82) is 0 Å². The van der Waals surface area contributed by atoms with Crippen molar-refractivity contribution in [2.45, 2.75) is 17.5 Å². The van der Waals surface area contributed by atoms with E-state index in [0.717, 1.165) is 9.63 Å². The summed E-state index contributed by atoms with van der Waals surface area (Å²) in [6, 6.07) is 12.5. The van der Waals surface area contributed by atoms with E-state index in [9.17, 15) is 0 Å². The summed E-state index contributed by atoms with van der Waals surface area (Å²) < 4.78 is 3.78. The van der Waals surface area contributed by atoms with Crippen molar-refractivity contribution in [3.05, 3.63) is 57.0 Å². The number of halogens is 2. The van der Waals surface area contributed by atoms with Crippen molar-refractivity contribution in [2.75, 3.05) is 0 Å². The molecule has 0 atom stereocenters. The first-order chi connectivity index (χ1) is 12.2. The van der Waals surface area contributed by atoms with Crippen LogP contribution < -0.4 is 34.7 Å². The molecule has 2 heterocycles. The number of benzene rings is 2. The molecule has 0 spiro atoms. The summed E-state index contributed by atoms with van der Waals surface area (Å²) in [7, 11) is 0. The molecular formula is C15H10Br2N7NaS. The van der Waals surface area contributed by atoms with Gasteiger partial charge >= 0.3 is 29.6 Å². The van der Waals surface area contributed by atoms with E-state index in [0.29, 0.717) is 22.9 Å². The van der Waals surface area contributed by atoms with Crippen LogP contribution in [0.2, 0.25) is 0 Å². The third-order valence-corrected chi connectivity index (χ3v) is 5.89. The smallest absolute Gasteiger partial charge is 0.335 e. The molecule has 0 saturated carbocycles. The van der Waals surface area contributed by atoms with Crippen LogP contribution >= 0.6 is 43.6 Å². The van der Waals surface area contributed by atoms with Crippen molar-refractivity contribution >= 4 is 54.4 Å². The monoisotopic (exact) mass is 501 g/mol. The van der Waals surface area contributed by atoms with E-state index in [1.165, 1.54) is 28.1 Å². The molecule has 0 radical (unpaired) electrons. The van der Waals surface area contributed by atoms with Crippen LogP contribution in [0.25, 0.3) is 10.8 Å². The number of aromatic nitrogens is 7. The first-order valence-corrected chi connectivity index (χ1v) is 9.85. The molecule has 126 valence electrons. The fraction of sp³-hybridized carbons (Fsp3) is 0.133. The molecule has 2 aromatic carbocycles. The van der Waals surface area contributed by atoms with Gasteiger partial charge in [0.2, 0.25) is 4.73 Å². The number of rotatable bonds is 5. The maximum Gasteiger partial charge on any atom is 1.00 e. The summed E-state index contributed by atoms with van der Waals surface area (Å²) in [5.41, 5.74) is 1.19. The molecule has 0 saturated heterocycles. The van der Waals surface area contributed by atoms with Crippen LogP contribution in [-0.4, -0.2) is 30.3 Å². The third kappa shape index (κ3) is 4.20. The number of tetrazole rings is 1. The van der Waals surface area contributed by atoms with Crippen LogP contribution in [0.15, 0.2) is 50.8 Å². The molecule has 0 aliphatic carbocycles. The quantitative estimate of drug-likeness (QED) is 0.289. The van der Waals surface area contributed by atoms with Crippen LogP contribution in [0.3, 0.4) is 0 Å². The Bertz CT molecular complexity index is 1020. The zero-order valence-corrected chi connectivity index (χ0v) is 19.7. The second-order valence-corrected chi connectivity index (χ2v) is 7.68. The minimum Gasteiger partial charge on any atom is -0.335 e. The van der Waals surface area contributed by atoms with E-state index < -0.39 is 0 Å². The molecule has 4 aromatic rings. The minimum absolute atomic E-state index is 0. The molecular weight excluding hydrogens is 493 g/mol. The fourth-order valence-electron chi connectivity index (χ4n) is 2.49. The second kappa shape index (κ2) is 8.94. The first kappa shape index (κ1) is 20.0. The Kier molecular flexibility index (Phi) is 6.87. The van der Waals surface area contributed by atoms with Crippen molar-refractivity contribution in [1.82, 2.24) is 35.4 Å². The van der Waals surface area contributed by atoms with Gasteiger partial charge in [0, 0.05) is 16.0 Å². The first-order valence-electron chi connectivity index (χ1n) is 7.27. The number of hydrogen-bond donors (Lipinski definition) is 0. The van der Waals surface area contributed by atoms with Crippen molar-refractivity contribution in [3.8, 4) is 0 Å². The van der Waals surface area contributed by atoms with E-state index in [4.69, 9.17) is 0 Å². The van der Waals surface area contributed by atoms with Crippen LogP contribution in [0.5, 0.6) is 0 Å². The Morgan fingerprint density at radius 2 is 1.81 bits per heavy atom. The van der Waals surface area contributed by atoms with Crippen molar-refractivity contribution in [3.63, 3.8) is 0 Å². The average molecular weight is 503 g/mol. The molecule has 11 heteroatoms. The van der Waals surface area contributed by atoms with Gasteiger partial charge in [0.25, 0.3) is 0 Å². The average Bonchev–Trinajstić information content (AvgIpc) is 3.26. The Morgan fingerprint density at radius 1 is 1.00 bits per heavy atom. The Morgan fingerprint density at radius 3 is 2.58 bits per heavy atom. The van der Waals surface area contributed by atoms with Gasteiger partial charge in [-0.2, -0.15) is 5.21 Å². The zero-order chi connectivity index (χ0) is 17.2. The molecule has 7 nitrogen and oxygen atoms in total. The molecule has 26 heavy (non-hydrogen) atoms. The number of hydrogen-bond acceptors (Lipinski definition) is 6. The molecule has 0 bridgehead atoms. The predicted octanol–water partition coefficient (Wildman–Crippen LogP) is 0.443. The molecule has 0 aliphatic heterocycles. The van der Waals surface area contributed by atoms with Crippen LogP contribution in [0, 0.1) is 0 Å². The zero-order valence-electron chi connectivity index (χ0n) is 13.7. The van der Waals surface area contributed by atoms with Gasteiger partial charge in [-0.3, -0.25) is 14.9 Å². The summed E-state index contributed by atoms with van der Waals surface area (Å²) in [5.74, 6) is 1.11. The molecule has 0 N–H and O–H groups in total. The molecule has 0 amide bonds. The summed E-state index contributed by atoms with van der Waals surface area (Å²) in [6.07, 6.45) is 0. The van der Waals surface area contributed by atoms with E-state index in [2.05, 4.69) is 86.9 Å². The Hall–Kier alpha value is -0.780. The van der Waals surface area contributed by atoms with Gasteiger partial charge in [-0.05, 0) is 38.3 Å². The summed E-state index contributed by atoms with van der Waals surface area (Å²) in [4.78, 5) is 0. The molecule has 0 unspecified atom stereocenters. The van der Waals surface area contributed by atoms with E-state index in [1.54, 1.807) is 0 Å². The normalized spacial score (nSPS) is 10.8. The van der Waals surface area contributed by atoms with E-state index >= 15 is 0 Å². The van der Waals surface area contributed by atoms with Gasteiger partial charge in [0.1, 0.15) is 0 Å². The standard InChI is InChI=1S/C15H10Br2N7S.Na/c16-12-6-5-9(10-3-1-2-4-11(10)12)7-24-14(17)20-21-15(24)25-8-13-18-22-23-19-13;/h1-6H,7-8H2;/q-1;+1. The van der Waals surface area contributed by atoms with Gasteiger partial charge in [-0.15, -0.1) is 10.2 Å². The van der Waals surface area contributed by atoms with Crippen molar-refractivity contribution < 1.29 is 29.6 Å². The maximum atomic E-state index is 4.23. The van der Waals surface area contributed by atoms with Crippen molar-refractivity contribution in [2.24, 2.45) is 0 Å². The molecule has 0 aliphatic rings. The van der Waals surface area contributed by atoms with Gasteiger partial charge < -0.3 is 5.10 Å². The fourth-order valence-corrected chi connectivity index (χ4v) is 4.24. The molecule has 4 rings (SSSR count). The van der Waals surface area contributed by atoms with Gasteiger partial charge in [0.05, 0.1) is 6.54 Å². The van der Waals surface area contributed by atoms with E-state index in [1.807, 2.05) is 16.7 Å².